The summed E-state index contributed by atoms with van der Waals surface area (Å²) < 4.78 is 25.6. The summed E-state index contributed by atoms with van der Waals surface area (Å²) in [6.07, 6.45) is 0.568. The van der Waals surface area contributed by atoms with Crippen molar-refractivity contribution < 1.29 is 18.7 Å². The molecule has 1 amide bonds. The number of carbonyl (C=O) groups is 1. The van der Waals surface area contributed by atoms with Gasteiger partial charge in [0, 0.05) is 35.5 Å². The van der Waals surface area contributed by atoms with Crippen LogP contribution in [0.1, 0.15) is 16.1 Å². The molecule has 0 fully saturated rings. The number of nitrogens with one attached hydrogen (secondary N) is 1. The second-order valence-corrected chi connectivity index (χ2v) is 7.31. The van der Waals surface area contributed by atoms with E-state index in [4.69, 9.17) is 9.47 Å². The average Bonchev–Trinajstić information content (AvgIpc) is 3.35. The van der Waals surface area contributed by atoms with Gasteiger partial charge in [0.15, 0.2) is 5.82 Å². The first-order valence-corrected chi connectivity index (χ1v) is 10.1. The molecule has 4 aromatic rings. The summed E-state index contributed by atoms with van der Waals surface area (Å²) in [5.74, 6) is 1.01. The third-order valence-electron chi connectivity index (χ3n) is 4.51. The number of hydrogen-bond acceptors (Lipinski definition) is 6. The molecule has 0 atom stereocenters. The molecule has 0 radical (unpaired) electrons. The van der Waals surface area contributed by atoms with Gasteiger partial charge in [0.05, 0.1) is 19.9 Å². The van der Waals surface area contributed by atoms with Crippen LogP contribution in [0.3, 0.4) is 0 Å². The van der Waals surface area contributed by atoms with Crippen LogP contribution >= 0.6 is 11.3 Å². The van der Waals surface area contributed by atoms with Crippen LogP contribution in [0.5, 0.6) is 11.5 Å². The van der Waals surface area contributed by atoms with Crippen LogP contribution in [0.4, 0.5) is 4.39 Å². The number of benzene rings is 2. The average molecular weight is 426 g/mol. The Balaban J connectivity index is 1.45. The zero-order valence-corrected chi connectivity index (χ0v) is 17.2. The molecule has 0 saturated heterocycles. The number of nitrogens with zero attached hydrogens (tertiary/aromatic N) is 3. The van der Waals surface area contributed by atoms with E-state index >= 15 is 0 Å². The minimum Gasteiger partial charge on any atom is -0.497 e. The Morgan fingerprint density at radius 1 is 1.17 bits per heavy atom. The molecule has 0 spiro atoms. The first-order valence-electron chi connectivity index (χ1n) is 9.17. The van der Waals surface area contributed by atoms with E-state index in [2.05, 4.69) is 15.4 Å². The number of thiazole rings is 1. The second kappa shape index (κ2) is 8.50. The monoisotopic (exact) mass is 426 g/mol. The van der Waals surface area contributed by atoms with Gasteiger partial charge >= 0.3 is 0 Å². The molecule has 0 aliphatic carbocycles. The summed E-state index contributed by atoms with van der Waals surface area (Å²) in [6, 6.07) is 11.2. The van der Waals surface area contributed by atoms with E-state index in [-0.39, 0.29) is 11.7 Å². The molecule has 4 rings (SSSR count). The molecule has 154 valence electrons. The molecule has 2 heterocycles. The summed E-state index contributed by atoms with van der Waals surface area (Å²) in [6.45, 7) is 0.416. The van der Waals surface area contributed by atoms with Crippen molar-refractivity contribution in [3.8, 4) is 22.9 Å². The van der Waals surface area contributed by atoms with Gasteiger partial charge in [-0.15, -0.1) is 16.4 Å². The van der Waals surface area contributed by atoms with Gasteiger partial charge in [0.1, 0.15) is 17.3 Å². The molecular weight excluding hydrogens is 407 g/mol. The third-order valence-corrected chi connectivity index (χ3v) is 5.38. The molecule has 0 aliphatic rings. The van der Waals surface area contributed by atoms with E-state index in [1.54, 1.807) is 34.8 Å². The van der Waals surface area contributed by atoms with Gasteiger partial charge in [-0.2, -0.15) is 4.98 Å². The summed E-state index contributed by atoms with van der Waals surface area (Å²) in [7, 11) is 3.07. The molecule has 1 N–H and O–H groups in total. The number of ether oxygens (including phenoxy) is 2. The largest absolute Gasteiger partial charge is 0.497 e. The number of hydrogen-bond donors (Lipinski definition) is 1. The molecule has 7 nitrogen and oxygen atoms in total. The molecule has 0 bridgehead atoms. The lowest BCUT2D eigenvalue weighted by Crippen LogP contribution is -2.26. The van der Waals surface area contributed by atoms with E-state index in [0.29, 0.717) is 46.4 Å². The van der Waals surface area contributed by atoms with Crippen molar-refractivity contribution in [1.29, 1.82) is 0 Å². The third kappa shape index (κ3) is 4.11. The smallest absolute Gasteiger partial charge is 0.251 e. The van der Waals surface area contributed by atoms with Gasteiger partial charge in [0.2, 0.25) is 4.96 Å². The Hall–Kier alpha value is -3.46. The molecule has 0 aliphatic heterocycles. The Kier molecular flexibility index (Phi) is 5.62. The fourth-order valence-electron chi connectivity index (χ4n) is 2.99. The first-order chi connectivity index (χ1) is 14.6. The van der Waals surface area contributed by atoms with Crippen molar-refractivity contribution in [3.05, 3.63) is 64.9 Å². The van der Waals surface area contributed by atoms with Crippen LogP contribution < -0.4 is 14.8 Å². The first kappa shape index (κ1) is 19.8. The predicted molar refractivity (Wildman–Crippen MR) is 112 cm³/mol. The van der Waals surface area contributed by atoms with Gasteiger partial charge in [-0.3, -0.25) is 4.79 Å². The Morgan fingerprint density at radius 2 is 1.93 bits per heavy atom. The van der Waals surface area contributed by atoms with E-state index in [1.165, 1.54) is 37.7 Å². The number of rotatable bonds is 7. The highest BCUT2D eigenvalue weighted by atomic mass is 32.1. The van der Waals surface area contributed by atoms with Gasteiger partial charge in [-0.05, 0) is 24.3 Å². The fraction of sp³-hybridized carbons (Fsp3) is 0.190. The number of aromatic nitrogens is 3. The van der Waals surface area contributed by atoms with Crippen molar-refractivity contribution in [2.45, 2.75) is 6.42 Å². The van der Waals surface area contributed by atoms with Gasteiger partial charge < -0.3 is 14.8 Å². The Morgan fingerprint density at radius 3 is 2.63 bits per heavy atom. The summed E-state index contributed by atoms with van der Waals surface area (Å²) in [5, 5.41) is 9.33. The molecule has 2 aromatic carbocycles. The molecule has 0 saturated carbocycles. The molecular formula is C21H19FN4O3S. The minimum atomic E-state index is -0.331. The van der Waals surface area contributed by atoms with Crippen LogP contribution in [0, 0.1) is 5.82 Å². The summed E-state index contributed by atoms with van der Waals surface area (Å²) in [4.78, 5) is 17.7. The zero-order valence-electron chi connectivity index (χ0n) is 16.4. The van der Waals surface area contributed by atoms with E-state index in [9.17, 15) is 9.18 Å². The van der Waals surface area contributed by atoms with Crippen LogP contribution in [0.25, 0.3) is 16.3 Å². The summed E-state index contributed by atoms with van der Waals surface area (Å²) in [5.41, 5.74) is 1.99. The van der Waals surface area contributed by atoms with Crippen molar-refractivity contribution in [2.24, 2.45) is 0 Å². The Labute approximate surface area is 176 Å². The lowest BCUT2D eigenvalue weighted by atomic mass is 10.2. The van der Waals surface area contributed by atoms with E-state index in [1.807, 2.05) is 5.38 Å². The zero-order chi connectivity index (χ0) is 21.1. The standard InChI is InChI=1S/C21H19FN4O3S/c1-28-17-9-14(10-18(11-17)29-2)20(27)23-7-6-16-12-30-21-24-19(25-26(16)21)13-4-3-5-15(22)8-13/h3-5,8-12H,6-7H2,1-2H3,(H,23,27). The number of carbonyl (C=O) groups excluding carboxylic acids is 1. The molecule has 9 heteroatoms. The highest BCUT2D eigenvalue weighted by molar-refractivity contribution is 7.15. The maximum absolute atomic E-state index is 13.5. The van der Waals surface area contributed by atoms with E-state index in [0.717, 1.165) is 5.69 Å². The quantitative estimate of drug-likeness (QED) is 0.489. The summed E-state index contributed by atoms with van der Waals surface area (Å²) >= 11 is 1.45. The van der Waals surface area contributed by atoms with Gasteiger partial charge in [0.25, 0.3) is 5.91 Å². The van der Waals surface area contributed by atoms with Crippen molar-refractivity contribution in [3.63, 3.8) is 0 Å². The van der Waals surface area contributed by atoms with Crippen molar-refractivity contribution in [1.82, 2.24) is 19.9 Å². The van der Waals surface area contributed by atoms with Crippen molar-refractivity contribution >= 4 is 22.2 Å². The molecule has 0 unspecified atom stereocenters. The highest BCUT2D eigenvalue weighted by Gasteiger charge is 2.13. The van der Waals surface area contributed by atoms with Crippen LogP contribution in [0.2, 0.25) is 0 Å². The lowest BCUT2D eigenvalue weighted by Gasteiger charge is -2.09. The highest BCUT2D eigenvalue weighted by Crippen LogP contribution is 2.23. The normalized spacial score (nSPS) is 10.9. The topological polar surface area (TPSA) is 77.8 Å². The second-order valence-electron chi connectivity index (χ2n) is 6.47. The number of methoxy groups -OCH3 is 2. The number of fused-ring (bicyclic) bond motifs is 1. The van der Waals surface area contributed by atoms with Crippen LogP contribution in [-0.4, -0.2) is 41.3 Å². The van der Waals surface area contributed by atoms with Crippen LogP contribution in [-0.2, 0) is 6.42 Å². The predicted octanol–water partition coefficient (Wildman–Crippen LogP) is 3.59. The van der Waals surface area contributed by atoms with E-state index < -0.39 is 0 Å². The Bertz CT molecular complexity index is 1180. The van der Waals surface area contributed by atoms with Crippen LogP contribution in [0.15, 0.2) is 47.8 Å². The van der Waals surface area contributed by atoms with Gasteiger partial charge in [-0.25, -0.2) is 8.91 Å². The minimum absolute atomic E-state index is 0.224. The molecule has 30 heavy (non-hydrogen) atoms. The maximum atomic E-state index is 13.5. The number of halogens is 1. The van der Waals surface area contributed by atoms with Crippen molar-refractivity contribution in [2.75, 3.05) is 20.8 Å². The SMILES string of the molecule is COc1cc(OC)cc(C(=O)NCCc2csc3nc(-c4cccc(F)c4)nn23)c1. The maximum Gasteiger partial charge on any atom is 0.251 e. The number of amides is 1. The van der Waals surface area contributed by atoms with Gasteiger partial charge in [-0.1, -0.05) is 12.1 Å². The molecule has 2 aromatic heterocycles. The lowest BCUT2D eigenvalue weighted by molar-refractivity contribution is 0.0953. The fourth-order valence-corrected chi connectivity index (χ4v) is 3.85.